The lowest BCUT2D eigenvalue weighted by Crippen LogP contribution is -2.37. The van der Waals surface area contributed by atoms with E-state index >= 15 is 0 Å². The van der Waals surface area contributed by atoms with E-state index in [-0.39, 0.29) is 24.7 Å². The fourth-order valence-corrected chi connectivity index (χ4v) is 2.48. The SMILES string of the molecule is CC(C)(C)OC(=O)NCC(=O)Nc1ccccc1NC(=O)CCc1ccc(F)cc1. The zero-order valence-corrected chi connectivity index (χ0v) is 17.3. The van der Waals surface area contributed by atoms with Crippen molar-refractivity contribution >= 4 is 29.3 Å². The van der Waals surface area contributed by atoms with Crippen LogP contribution in [0.1, 0.15) is 32.8 Å². The van der Waals surface area contributed by atoms with E-state index in [0.717, 1.165) is 5.56 Å². The smallest absolute Gasteiger partial charge is 0.408 e. The van der Waals surface area contributed by atoms with Gasteiger partial charge in [-0.25, -0.2) is 9.18 Å². The molecule has 0 bridgehead atoms. The predicted octanol–water partition coefficient (Wildman–Crippen LogP) is 3.86. The lowest BCUT2D eigenvalue weighted by Gasteiger charge is -2.19. The highest BCUT2D eigenvalue weighted by Crippen LogP contribution is 2.21. The van der Waals surface area contributed by atoms with Crippen LogP contribution in [0.25, 0.3) is 0 Å². The van der Waals surface area contributed by atoms with Gasteiger partial charge in [-0.1, -0.05) is 24.3 Å². The van der Waals surface area contributed by atoms with Crippen molar-refractivity contribution in [3.63, 3.8) is 0 Å². The number of halogens is 1. The van der Waals surface area contributed by atoms with Crippen LogP contribution in [0.3, 0.4) is 0 Å². The number of rotatable bonds is 7. The van der Waals surface area contributed by atoms with Crippen molar-refractivity contribution in [3.05, 3.63) is 59.9 Å². The van der Waals surface area contributed by atoms with Crippen LogP contribution in [0.5, 0.6) is 0 Å². The molecule has 30 heavy (non-hydrogen) atoms. The van der Waals surface area contributed by atoms with Gasteiger partial charge in [0.25, 0.3) is 0 Å². The van der Waals surface area contributed by atoms with Crippen molar-refractivity contribution in [1.29, 1.82) is 0 Å². The number of alkyl carbamates (subject to hydrolysis) is 1. The highest BCUT2D eigenvalue weighted by molar-refractivity contribution is 6.00. The monoisotopic (exact) mass is 415 g/mol. The van der Waals surface area contributed by atoms with Gasteiger partial charge in [-0.15, -0.1) is 0 Å². The average Bonchev–Trinajstić information content (AvgIpc) is 2.66. The highest BCUT2D eigenvalue weighted by atomic mass is 19.1. The first kappa shape index (κ1) is 22.9. The third kappa shape index (κ3) is 8.30. The van der Waals surface area contributed by atoms with Gasteiger partial charge in [0.2, 0.25) is 11.8 Å². The third-order valence-corrected chi connectivity index (χ3v) is 3.82. The van der Waals surface area contributed by atoms with Crippen molar-refractivity contribution < 1.29 is 23.5 Å². The van der Waals surface area contributed by atoms with Crippen molar-refractivity contribution in [2.24, 2.45) is 0 Å². The van der Waals surface area contributed by atoms with Crippen molar-refractivity contribution in [2.45, 2.75) is 39.2 Å². The molecule has 0 aliphatic rings. The van der Waals surface area contributed by atoms with Gasteiger partial charge in [0.1, 0.15) is 18.0 Å². The minimum Gasteiger partial charge on any atom is -0.444 e. The Morgan fingerprint density at radius 3 is 2.03 bits per heavy atom. The number of anilines is 2. The molecule has 0 saturated heterocycles. The molecule has 2 aromatic carbocycles. The molecule has 7 nitrogen and oxygen atoms in total. The topological polar surface area (TPSA) is 96.5 Å². The maximum atomic E-state index is 12.9. The number of nitrogens with one attached hydrogen (secondary N) is 3. The first-order valence-corrected chi connectivity index (χ1v) is 9.52. The van der Waals surface area contributed by atoms with Gasteiger partial charge in [-0.05, 0) is 57.0 Å². The van der Waals surface area contributed by atoms with Gasteiger partial charge in [-0.3, -0.25) is 9.59 Å². The molecule has 0 aliphatic heterocycles. The minimum atomic E-state index is -0.694. The summed E-state index contributed by atoms with van der Waals surface area (Å²) in [7, 11) is 0. The first-order valence-electron chi connectivity index (χ1n) is 9.52. The maximum absolute atomic E-state index is 12.9. The fraction of sp³-hybridized carbons (Fsp3) is 0.318. The van der Waals surface area contributed by atoms with E-state index in [2.05, 4.69) is 16.0 Å². The zero-order chi connectivity index (χ0) is 22.1. The highest BCUT2D eigenvalue weighted by Gasteiger charge is 2.17. The second-order valence-corrected chi connectivity index (χ2v) is 7.62. The Labute approximate surface area is 175 Å². The van der Waals surface area contributed by atoms with E-state index in [4.69, 9.17) is 4.74 Å². The van der Waals surface area contributed by atoms with E-state index in [1.165, 1.54) is 12.1 Å². The molecule has 0 heterocycles. The molecule has 0 unspecified atom stereocenters. The van der Waals surface area contributed by atoms with E-state index in [9.17, 15) is 18.8 Å². The molecule has 0 aliphatic carbocycles. The minimum absolute atomic E-state index is 0.202. The number of ether oxygens (including phenoxy) is 1. The zero-order valence-electron chi connectivity index (χ0n) is 17.3. The van der Waals surface area contributed by atoms with Crippen LogP contribution in [0, 0.1) is 5.82 Å². The number of hydrogen-bond acceptors (Lipinski definition) is 4. The summed E-state index contributed by atoms with van der Waals surface area (Å²) in [6.07, 6.45) is -0.0331. The molecule has 2 aromatic rings. The summed E-state index contributed by atoms with van der Waals surface area (Å²) in [5.74, 6) is -1.03. The molecule has 0 fully saturated rings. The molecule has 0 aromatic heterocycles. The standard InChI is InChI=1S/C22H26FN3O4/c1-22(2,3)30-21(29)24-14-20(28)26-18-7-5-4-6-17(18)25-19(27)13-10-15-8-11-16(23)12-9-15/h4-9,11-12H,10,13-14H2,1-3H3,(H,24,29)(H,25,27)(H,26,28). The second-order valence-electron chi connectivity index (χ2n) is 7.62. The predicted molar refractivity (Wildman–Crippen MR) is 113 cm³/mol. The first-order chi connectivity index (χ1) is 14.1. The van der Waals surface area contributed by atoms with Crippen LogP contribution < -0.4 is 16.0 Å². The van der Waals surface area contributed by atoms with E-state index in [1.54, 1.807) is 57.2 Å². The Kier molecular flexibility index (Phi) is 7.91. The van der Waals surface area contributed by atoms with Gasteiger partial charge < -0.3 is 20.7 Å². The quantitative estimate of drug-likeness (QED) is 0.640. The number of carbonyl (C=O) groups is 3. The number of hydrogen-bond donors (Lipinski definition) is 3. The molecular weight excluding hydrogens is 389 g/mol. The number of para-hydroxylation sites is 2. The molecular formula is C22H26FN3O4. The van der Waals surface area contributed by atoms with Crippen LogP contribution in [-0.2, 0) is 20.7 Å². The molecule has 0 saturated carbocycles. The molecule has 0 spiro atoms. The van der Waals surface area contributed by atoms with Gasteiger partial charge >= 0.3 is 6.09 Å². The van der Waals surface area contributed by atoms with Crippen LogP contribution in [0.4, 0.5) is 20.6 Å². The molecule has 8 heteroatoms. The molecule has 0 atom stereocenters. The lowest BCUT2D eigenvalue weighted by atomic mass is 10.1. The van der Waals surface area contributed by atoms with Crippen LogP contribution in [0.2, 0.25) is 0 Å². The summed E-state index contributed by atoms with van der Waals surface area (Å²) in [6.45, 7) is 4.90. The van der Waals surface area contributed by atoms with Crippen molar-refractivity contribution in [1.82, 2.24) is 5.32 Å². The van der Waals surface area contributed by atoms with Gasteiger partial charge in [0, 0.05) is 6.42 Å². The summed E-state index contributed by atoms with van der Waals surface area (Å²) in [5, 5.41) is 7.78. The third-order valence-electron chi connectivity index (χ3n) is 3.82. The number of benzene rings is 2. The van der Waals surface area contributed by atoms with Gasteiger partial charge in [0.15, 0.2) is 0 Å². The molecule has 160 valence electrons. The van der Waals surface area contributed by atoms with Crippen LogP contribution in [0.15, 0.2) is 48.5 Å². The normalized spacial score (nSPS) is 10.8. The summed E-state index contributed by atoms with van der Waals surface area (Å²) in [5.41, 5.74) is 1.03. The van der Waals surface area contributed by atoms with E-state index < -0.39 is 17.6 Å². The van der Waals surface area contributed by atoms with Crippen LogP contribution >= 0.6 is 0 Å². The summed E-state index contributed by atoms with van der Waals surface area (Å²) < 4.78 is 18.0. The van der Waals surface area contributed by atoms with Crippen LogP contribution in [-0.4, -0.2) is 30.1 Å². The number of amides is 3. The summed E-state index contributed by atoms with van der Waals surface area (Å²) in [4.78, 5) is 36.0. The number of aryl methyl sites for hydroxylation is 1. The molecule has 3 N–H and O–H groups in total. The molecule has 3 amide bonds. The van der Waals surface area contributed by atoms with E-state index in [0.29, 0.717) is 17.8 Å². The average molecular weight is 415 g/mol. The molecule has 2 rings (SSSR count). The van der Waals surface area contributed by atoms with Crippen molar-refractivity contribution in [3.8, 4) is 0 Å². The Morgan fingerprint density at radius 1 is 0.900 bits per heavy atom. The van der Waals surface area contributed by atoms with Gasteiger partial charge in [-0.2, -0.15) is 0 Å². The largest absolute Gasteiger partial charge is 0.444 e. The Hall–Kier alpha value is -3.42. The van der Waals surface area contributed by atoms with Gasteiger partial charge in [0.05, 0.1) is 11.4 Å². The lowest BCUT2D eigenvalue weighted by molar-refractivity contribution is -0.116. The maximum Gasteiger partial charge on any atom is 0.408 e. The summed E-state index contributed by atoms with van der Waals surface area (Å²) in [6, 6.07) is 12.7. The van der Waals surface area contributed by atoms with Crippen molar-refractivity contribution in [2.75, 3.05) is 17.2 Å². The Balaban J connectivity index is 1.87. The Bertz CT molecular complexity index is 892. The molecule has 0 radical (unpaired) electrons. The van der Waals surface area contributed by atoms with E-state index in [1.807, 2.05) is 0 Å². The Morgan fingerprint density at radius 2 is 1.47 bits per heavy atom. The fourth-order valence-electron chi connectivity index (χ4n) is 2.48. The second kappa shape index (κ2) is 10.4. The summed E-state index contributed by atoms with van der Waals surface area (Å²) >= 11 is 0. The number of carbonyl (C=O) groups excluding carboxylic acids is 3.